The fraction of sp³-hybridized carbons (Fsp3) is 0.105. The van der Waals surface area contributed by atoms with E-state index in [4.69, 9.17) is 5.73 Å². The maximum atomic E-state index is 13.5. The third-order valence-electron chi connectivity index (χ3n) is 4.09. The Bertz CT molecular complexity index is 1180. The van der Waals surface area contributed by atoms with E-state index in [-0.39, 0.29) is 22.4 Å². The molecule has 0 aliphatic rings. The summed E-state index contributed by atoms with van der Waals surface area (Å²) in [5.74, 6) is -3.39. The molecule has 1 aromatic carbocycles. The molecule has 0 unspecified atom stereocenters. The Kier molecular flexibility index (Phi) is 6.39. The summed E-state index contributed by atoms with van der Waals surface area (Å²) in [6.07, 6.45) is -4.21. The highest BCUT2D eigenvalue weighted by Crippen LogP contribution is 2.37. The summed E-state index contributed by atoms with van der Waals surface area (Å²) in [6.45, 7) is 0. The summed E-state index contributed by atoms with van der Waals surface area (Å²) in [5.41, 5.74) is 4.44. The number of carbonyl (C=O) groups excluding carboxylic acids is 3. The van der Waals surface area contributed by atoms with E-state index >= 15 is 0 Å². The maximum absolute atomic E-state index is 13.5. The molecule has 0 fully saturated rings. The zero-order valence-corrected chi connectivity index (χ0v) is 17.1. The summed E-state index contributed by atoms with van der Waals surface area (Å²) in [5, 5.41) is 9.05. The normalized spacial score (nSPS) is 11.0. The predicted molar refractivity (Wildman–Crippen MR) is 111 cm³/mol. The Morgan fingerprint density at radius 1 is 1.06 bits per heavy atom. The minimum atomic E-state index is -4.79. The van der Waals surface area contributed by atoms with Crippen LogP contribution in [0.2, 0.25) is 0 Å². The number of hydrogen-bond donors (Lipinski definition) is 4. The van der Waals surface area contributed by atoms with Crippen LogP contribution in [0.5, 0.6) is 0 Å². The predicted octanol–water partition coefficient (Wildman–Crippen LogP) is 3.07. The van der Waals surface area contributed by atoms with Gasteiger partial charge in [0.05, 0.1) is 5.56 Å². The lowest BCUT2D eigenvalue weighted by atomic mass is 10.2. The van der Waals surface area contributed by atoms with Crippen LogP contribution in [0, 0.1) is 0 Å². The topological polar surface area (TPSA) is 139 Å². The van der Waals surface area contributed by atoms with Crippen LogP contribution < -0.4 is 21.7 Å². The smallest absolute Gasteiger partial charge is 0.363 e. The zero-order chi connectivity index (χ0) is 23.5. The van der Waals surface area contributed by atoms with Crippen LogP contribution in [-0.4, -0.2) is 34.6 Å². The van der Waals surface area contributed by atoms with E-state index in [1.807, 2.05) is 0 Å². The molecular weight excluding hydrogens is 449 g/mol. The van der Waals surface area contributed by atoms with Crippen molar-refractivity contribution in [1.29, 1.82) is 0 Å². The number of amides is 2. The first-order valence-corrected chi connectivity index (χ1v) is 9.70. The number of anilines is 4. The van der Waals surface area contributed by atoms with Gasteiger partial charge in [-0.25, -0.2) is 4.98 Å². The van der Waals surface area contributed by atoms with Gasteiger partial charge in [-0.1, -0.05) is 0 Å². The van der Waals surface area contributed by atoms with Gasteiger partial charge in [-0.15, -0.1) is 11.3 Å². The van der Waals surface area contributed by atoms with Crippen molar-refractivity contribution >= 4 is 51.4 Å². The number of hydrogen-bond acceptors (Lipinski definition) is 8. The van der Waals surface area contributed by atoms with E-state index in [0.29, 0.717) is 17.4 Å². The third kappa shape index (κ3) is 5.00. The molecule has 0 bridgehead atoms. The van der Waals surface area contributed by atoms with Gasteiger partial charge in [0.1, 0.15) is 16.4 Å². The standard InChI is InChI=1S/C19H15F3N6O3S/c1-24-16(31)9-2-4-10(5-3-9)26-18-25-8-12(19(20,21)22)15(28-18)27-17-11(6-7-32-17)13(29)14(23)30/h2-8H,1H3,(H2,23,30)(H,24,31)(H2,25,26,27,28). The van der Waals surface area contributed by atoms with Crippen molar-refractivity contribution in [1.82, 2.24) is 15.3 Å². The lowest BCUT2D eigenvalue weighted by Gasteiger charge is -2.15. The monoisotopic (exact) mass is 464 g/mol. The number of alkyl halides is 3. The van der Waals surface area contributed by atoms with Gasteiger partial charge in [-0.2, -0.15) is 18.2 Å². The minimum absolute atomic E-state index is 0.0288. The lowest BCUT2D eigenvalue weighted by Crippen LogP contribution is -2.23. The zero-order valence-electron chi connectivity index (χ0n) is 16.3. The molecule has 0 saturated carbocycles. The number of ketones is 1. The lowest BCUT2D eigenvalue weighted by molar-refractivity contribution is -0.137. The fourth-order valence-corrected chi connectivity index (χ4v) is 3.33. The highest BCUT2D eigenvalue weighted by atomic mass is 32.1. The second kappa shape index (κ2) is 9.01. The third-order valence-corrected chi connectivity index (χ3v) is 4.92. The highest BCUT2D eigenvalue weighted by molar-refractivity contribution is 7.14. The summed E-state index contributed by atoms with van der Waals surface area (Å²) in [4.78, 5) is 42.3. The van der Waals surface area contributed by atoms with Crippen LogP contribution in [0.25, 0.3) is 0 Å². The van der Waals surface area contributed by atoms with Crippen molar-refractivity contribution < 1.29 is 27.6 Å². The number of nitrogens with two attached hydrogens (primary N) is 1. The minimum Gasteiger partial charge on any atom is -0.363 e. The number of Topliss-reactive ketones (excluding diaryl/α,β-unsaturated/α-hetero) is 1. The van der Waals surface area contributed by atoms with E-state index in [1.165, 1.54) is 42.8 Å². The van der Waals surface area contributed by atoms with Gasteiger partial charge >= 0.3 is 6.18 Å². The molecule has 3 aromatic rings. The summed E-state index contributed by atoms with van der Waals surface area (Å²) >= 11 is 0.900. The van der Waals surface area contributed by atoms with Crippen LogP contribution in [0.15, 0.2) is 41.9 Å². The summed E-state index contributed by atoms with van der Waals surface area (Å²) in [7, 11) is 1.48. The SMILES string of the molecule is CNC(=O)c1ccc(Nc2ncc(C(F)(F)F)c(Nc3sccc3C(=O)C(N)=O)n2)cc1. The largest absolute Gasteiger partial charge is 0.421 e. The molecule has 2 amide bonds. The Hall–Kier alpha value is -4.00. The number of nitrogens with zero attached hydrogens (tertiary/aromatic N) is 2. The number of rotatable bonds is 7. The van der Waals surface area contributed by atoms with Gasteiger partial charge in [0.15, 0.2) is 0 Å². The van der Waals surface area contributed by atoms with E-state index in [9.17, 15) is 27.6 Å². The van der Waals surface area contributed by atoms with Gasteiger partial charge in [-0.05, 0) is 35.7 Å². The molecule has 0 spiro atoms. The molecule has 0 aliphatic carbocycles. The number of halogens is 3. The Balaban J connectivity index is 1.93. The molecule has 166 valence electrons. The summed E-state index contributed by atoms with van der Waals surface area (Å²) in [6, 6.07) is 7.35. The van der Waals surface area contributed by atoms with Crippen LogP contribution in [0.3, 0.4) is 0 Å². The van der Waals surface area contributed by atoms with Crippen molar-refractivity contribution in [2.75, 3.05) is 17.7 Å². The van der Waals surface area contributed by atoms with Crippen LogP contribution >= 0.6 is 11.3 Å². The van der Waals surface area contributed by atoms with Crippen LogP contribution in [0.1, 0.15) is 26.3 Å². The molecule has 9 nitrogen and oxygen atoms in total. The van der Waals surface area contributed by atoms with Gasteiger partial charge in [-0.3, -0.25) is 14.4 Å². The Labute approximate surface area is 182 Å². The fourth-order valence-electron chi connectivity index (χ4n) is 2.55. The molecule has 0 aliphatic heterocycles. The molecule has 0 radical (unpaired) electrons. The molecule has 0 atom stereocenters. The van der Waals surface area contributed by atoms with Crippen molar-refractivity contribution in [3.05, 3.63) is 58.6 Å². The Morgan fingerprint density at radius 3 is 2.34 bits per heavy atom. The second-order valence-electron chi connectivity index (χ2n) is 6.22. The average Bonchev–Trinajstić information content (AvgIpc) is 3.20. The first-order chi connectivity index (χ1) is 15.1. The number of benzene rings is 1. The van der Waals surface area contributed by atoms with Gasteiger partial charge in [0, 0.05) is 24.5 Å². The van der Waals surface area contributed by atoms with Crippen molar-refractivity contribution in [2.24, 2.45) is 5.73 Å². The first kappa shape index (κ1) is 22.7. The van der Waals surface area contributed by atoms with Crippen molar-refractivity contribution in [3.8, 4) is 0 Å². The number of carbonyl (C=O) groups is 3. The number of primary amides is 1. The van der Waals surface area contributed by atoms with Gasteiger partial charge < -0.3 is 21.7 Å². The number of aromatic nitrogens is 2. The summed E-state index contributed by atoms with van der Waals surface area (Å²) < 4.78 is 40.4. The Morgan fingerprint density at radius 2 is 1.75 bits per heavy atom. The van der Waals surface area contributed by atoms with E-state index in [2.05, 4.69) is 25.9 Å². The second-order valence-corrected chi connectivity index (χ2v) is 7.13. The molecule has 3 rings (SSSR count). The molecule has 2 aromatic heterocycles. The molecule has 2 heterocycles. The highest BCUT2D eigenvalue weighted by Gasteiger charge is 2.36. The molecule has 0 saturated heterocycles. The van der Waals surface area contributed by atoms with Crippen LogP contribution in [-0.2, 0) is 11.0 Å². The van der Waals surface area contributed by atoms with E-state index < -0.39 is 29.2 Å². The van der Waals surface area contributed by atoms with E-state index in [1.54, 1.807) is 0 Å². The quantitative estimate of drug-likeness (QED) is 0.311. The molecule has 5 N–H and O–H groups in total. The van der Waals surface area contributed by atoms with E-state index in [0.717, 1.165) is 11.3 Å². The van der Waals surface area contributed by atoms with Crippen LogP contribution in [0.4, 0.5) is 35.6 Å². The molecule has 32 heavy (non-hydrogen) atoms. The molecular formula is C19H15F3N6O3S. The number of thiophene rings is 1. The van der Waals surface area contributed by atoms with Gasteiger partial charge in [0.25, 0.3) is 17.6 Å². The first-order valence-electron chi connectivity index (χ1n) is 8.82. The number of nitrogens with one attached hydrogen (secondary N) is 3. The average molecular weight is 464 g/mol. The maximum Gasteiger partial charge on any atom is 0.421 e. The van der Waals surface area contributed by atoms with Crippen molar-refractivity contribution in [3.63, 3.8) is 0 Å². The van der Waals surface area contributed by atoms with Crippen molar-refractivity contribution in [2.45, 2.75) is 6.18 Å². The molecule has 13 heteroatoms. The van der Waals surface area contributed by atoms with Gasteiger partial charge in [0.2, 0.25) is 5.95 Å².